The summed E-state index contributed by atoms with van der Waals surface area (Å²) in [5.41, 5.74) is 0.812. The van der Waals surface area contributed by atoms with Crippen LogP contribution in [-0.4, -0.2) is 20.6 Å². The molecule has 0 atom stereocenters. The number of benzene rings is 1. The van der Waals surface area contributed by atoms with E-state index in [9.17, 15) is 8.42 Å². The molecule has 8 heteroatoms. The van der Waals surface area contributed by atoms with Gasteiger partial charge in [0.2, 0.25) is 0 Å². The van der Waals surface area contributed by atoms with Crippen LogP contribution in [0, 0.1) is 0 Å². The van der Waals surface area contributed by atoms with Crippen LogP contribution in [0.5, 0.6) is 5.75 Å². The van der Waals surface area contributed by atoms with Crippen molar-refractivity contribution in [2.75, 3.05) is 11.8 Å². The normalized spacial score (nSPS) is 11.3. The molecule has 2 aromatic rings. The number of thiophene rings is 1. The monoisotopic (exact) mass is 333 g/mol. The van der Waals surface area contributed by atoms with Gasteiger partial charge in [0.15, 0.2) is 0 Å². The second-order valence-electron chi connectivity index (χ2n) is 3.88. The van der Waals surface area contributed by atoms with Crippen LogP contribution in [0.3, 0.4) is 0 Å². The van der Waals surface area contributed by atoms with E-state index in [0.717, 1.165) is 11.3 Å². The fraction of sp³-hybridized carbons (Fsp3) is 0.167. The number of rotatable bonds is 5. The van der Waals surface area contributed by atoms with Crippen molar-refractivity contribution in [3.8, 4) is 5.75 Å². The van der Waals surface area contributed by atoms with Crippen LogP contribution >= 0.6 is 22.9 Å². The minimum absolute atomic E-state index is 0.114. The molecule has 5 nitrogen and oxygen atoms in total. The summed E-state index contributed by atoms with van der Waals surface area (Å²) in [7, 11) is -2.29. The van der Waals surface area contributed by atoms with E-state index in [0.29, 0.717) is 16.3 Å². The largest absolute Gasteiger partial charge is 0.495 e. The number of nitrogens with one attached hydrogen (secondary N) is 1. The Morgan fingerprint density at radius 2 is 2.15 bits per heavy atom. The van der Waals surface area contributed by atoms with Gasteiger partial charge in [0.05, 0.1) is 19.4 Å². The Kier molecular flexibility index (Phi) is 4.54. The predicted octanol–water partition coefficient (Wildman–Crippen LogP) is 2.70. The zero-order valence-electron chi connectivity index (χ0n) is 10.5. The number of anilines is 1. The van der Waals surface area contributed by atoms with E-state index >= 15 is 0 Å². The van der Waals surface area contributed by atoms with Crippen molar-refractivity contribution in [2.24, 2.45) is 0 Å². The number of hydrogen-bond donors (Lipinski definition) is 2. The highest BCUT2D eigenvalue weighted by Gasteiger charge is 2.19. The summed E-state index contributed by atoms with van der Waals surface area (Å²) >= 11 is 6.89. The summed E-state index contributed by atoms with van der Waals surface area (Å²) in [5, 5.41) is 11.0. The third-order valence-corrected chi connectivity index (χ3v) is 5.57. The van der Waals surface area contributed by atoms with Crippen LogP contribution in [0.2, 0.25) is 5.02 Å². The lowest BCUT2D eigenvalue weighted by Gasteiger charge is -2.11. The van der Waals surface area contributed by atoms with E-state index in [4.69, 9.17) is 21.4 Å². The lowest BCUT2D eigenvalue weighted by molar-refractivity contribution is 0.282. The van der Waals surface area contributed by atoms with Crippen molar-refractivity contribution in [3.63, 3.8) is 0 Å². The van der Waals surface area contributed by atoms with Gasteiger partial charge in [0, 0.05) is 5.02 Å². The molecular weight excluding hydrogens is 322 g/mol. The SMILES string of the molecule is COc1ccc(Cl)cc1NS(=O)(=O)c1cc(CO)cs1. The van der Waals surface area contributed by atoms with Crippen LogP contribution < -0.4 is 9.46 Å². The van der Waals surface area contributed by atoms with E-state index in [2.05, 4.69) is 4.72 Å². The Hall–Kier alpha value is -1.28. The molecule has 1 aromatic carbocycles. The third-order valence-electron chi connectivity index (χ3n) is 2.48. The molecule has 2 rings (SSSR count). The predicted molar refractivity (Wildman–Crippen MR) is 79.1 cm³/mol. The number of methoxy groups -OCH3 is 1. The number of ether oxygens (including phenoxy) is 1. The van der Waals surface area contributed by atoms with Gasteiger partial charge in [0.25, 0.3) is 10.0 Å². The van der Waals surface area contributed by atoms with Gasteiger partial charge in [-0.1, -0.05) is 11.6 Å². The van der Waals surface area contributed by atoms with Gasteiger partial charge in [-0.2, -0.15) is 0 Å². The second-order valence-corrected chi connectivity index (χ2v) is 7.14. The quantitative estimate of drug-likeness (QED) is 0.882. The zero-order chi connectivity index (χ0) is 14.8. The van der Waals surface area contributed by atoms with Crippen LogP contribution in [0.15, 0.2) is 33.9 Å². The summed E-state index contributed by atoms with van der Waals surface area (Å²) in [6.45, 7) is -0.202. The first kappa shape index (κ1) is 15.1. The molecule has 1 aromatic heterocycles. The summed E-state index contributed by atoms with van der Waals surface area (Å²) in [5.74, 6) is 0.372. The van der Waals surface area contributed by atoms with Crippen molar-refractivity contribution in [2.45, 2.75) is 10.8 Å². The van der Waals surface area contributed by atoms with Gasteiger partial charge in [0.1, 0.15) is 9.96 Å². The molecule has 0 aliphatic heterocycles. The van der Waals surface area contributed by atoms with Gasteiger partial charge in [-0.05, 0) is 35.2 Å². The lowest BCUT2D eigenvalue weighted by atomic mass is 10.3. The molecule has 108 valence electrons. The standard InChI is InChI=1S/C12H12ClNO4S2/c1-18-11-3-2-9(13)5-10(11)14-20(16,17)12-4-8(6-15)7-19-12/h2-5,7,14-15H,6H2,1H3. The van der Waals surface area contributed by atoms with Crippen molar-refractivity contribution in [1.29, 1.82) is 0 Å². The smallest absolute Gasteiger partial charge is 0.271 e. The van der Waals surface area contributed by atoms with Crippen molar-refractivity contribution >= 4 is 38.6 Å². The molecule has 0 amide bonds. The zero-order valence-corrected chi connectivity index (χ0v) is 12.8. The first-order valence-corrected chi connectivity index (χ1v) is 8.25. The van der Waals surface area contributed by atoms with E-state index in [-0.39, 0.29) is 16.5 Å². The molecule has 0 unspecified atom stereocenters. The van der Waals surface area contributed by atoms with Gasteiger partial charge < -0.3 is 9.84 Å². The van der Waals surface area contributed by atoms with Crippen molar-refractivity contribution in [1.82, 2.24) is 0 Å². The first-order chi connectivity index (χ1) is 9.46. The highest BCUT2D eigenvalue weighted by molar-refractivity contribution is 7.94. The molecule has 0 saturated carbocycles. The molecule has 0 aliphatic rings. The van der Waals surface area contributed by atoms with Gasteiger partial charge in [-0.25, -0.2) is 8.42 Å². The van der Waals surface area contributed by atoms with E-state index in [1.807, 2.05) is 0 Å². The van der Waals surface area contributed by atoms with E-state index < -0.39 is 10.0 Å². The number of aliphatic hydroxyl groups excluding tert-OH is 1. The Morgan fingerprint density at radius 1 is 1.40 bits per heavy atom. The van der Waals surface area contributed by atoms with Gasteiger partial charge in [-0.15, -0.1) is 11.3 Å². The van der Waals surface area contributed by atoms with E-state index in [1.165, 1.54) is 19.2 Å². The fourth-order valence-electron chi connectivity index (χ4n) is 1.53. The van der Waals surface area contributed by atoms with Gasteiger partial charge in [-0.3, -0.25) is 4.72 Å². The van der Waals surface area contributed by atoms with Gasteiger partial charge >= 0.3 is 0 Å². The summed E-state index contributed by atoms with van der Waals surface area (Å²) < 4.78 is 32.1. The summed E-state index contributed by atoms with van der Waals surface area (Å²) in [4.78, 5) is 0. The highest BCUT2D eigenvalue weighted by atomic mass is 35.5. The maximum atomic E-state index is 12.2. The Morgan fingerprint density at radius 3 is 2.75 bits per heavy atom. The molecule has 0 radical (unpaired) electrons. The Labute approximate surface area is 125 Å². The minimum atomic E-state index is -3.73. The molecule has 0 saturated heterocycles. The number of sulfonamides is 1. The average molecular weight is 334 g/mol. The second kappa shape index (κ2) is 6.01. The molecule has 2 N–H and O–H groups in total. The Bertz CT molecular complexity index is 712. The van der Waals surface area contributed by atoms with Crippen molar-refractivity contribution < 1.29 is 18.3 Å². The molecule has 20 heavy (non-hydrogen) atoms. The van der Waals surface area contributed by atoms with Crippen LogP contribution in [0.4, 0.5) is 5.69 Å². The number of halogens is 1. The first-order valence-electron chi connectivity index (χ1n) is 5.51. The molecule has 0 aliphatic carbocycles. The number of aliphatic hydroxyl groups is 1. The van der Waals surface area contributed by atoms with Crippen LogP contribution in [-0.2, 0) is 16.6 Å². The topological polar surface area (TPSA) is 75.6 Å². The van der Waals surface area contributed by atoms with Crippen LogP contribution in [0.1, 0.15) is 5.56 Å². The van der Waals surface area contributed by atoms with Crippen LogP contribution in [0.25, 0.3) is 0 Å². The highest BCUT2D eigenvalue weighted by Crippen LogP contribution is 2.31. The molecule has 0 spiro atoms. The molecular formula is C12H12ClNO4S2. The number of hydrogen-bond acceptors (Lipinski definition) is 5. The van der Waals surface area contributed by atoms with Crippen molar-refractivity contribution in [3.05, 3.63) is 40.2 Å². The maximum absolute atomic E-state index is 12.2. The molecule has 0 fully saturated rings. The molecule has 1 heterocycles. The third kappa shape index (κ3) is 3.24. The van der Waals surface area contributed by atoms with E-state index in [1.54, 1.807) is 17.5 Å². The fourth-order valence-corrected chi connectivity index (χ4v) is 3.97. The molecule has 0 bridgehead atoms. The summed E-state index contributed by atoms with van der Waals surface area (Å²) in [6.07, 6.45) is 0. The Balaban J connectivity index is 2.35. The maximum Gasteiger partial charge on any atom is 0.271 e. The lowest BCUT2D eigenvalue weighted by Crippen LogP contribution is -2.12. The average Bonchev–Trinajstić information content (AvgIpc) is 2.88. The minimum Gasteiger partial charge on any atom is -0.495 e. The summed E-state index contributed by atoms with van der Waals surface area (Å²) in [6, 6.07) is 6.07.